The molecule has 0 spiro atoms. The molecule has 1 saturated heterocycles. The molecular weight excluding hydrogens is 325 g/mol. The van der Waals surface area contributed by atoms with Crippen LogP contribution in [0, 0.1) is 6.92 Å². The van der Waals surface area contributed by atoms with Crippen LogP contribution in [0.2, 0.25) is 0 Å². The number of aryl methyl sites for hydroxylation is 1. The summed E-state index contributed by atoms with van der Waals surface area (Å²) in [6, 6.07) is 5.32. The lowest BCUT2D eigenvalue weighted by atomic mass is 10.2. The second kappa shape index (κ2) is 4.62. The number of amides is 1. The van der Waals surface area contributed by atoms with Gasteiger partial charge in [-0.05, 0) is 34.5 Å². The monoisotopic (exact) mass is 335 g/mol. The third kappa shape index (κ3) is 2.42. The normalized spacial score (nSPS) is 20.5. The van der Waals surface area contributed by atoms with E-state index >= 15 is 0 Å². The molecule has 2 rings (SSSR count). The minimum atomic E-state index is -4.68. The smallest absolute Gasteiger partial charge is 0.307 e. The number of hydrogen-bond acceptors (Lipinski definition) is 3. The van der Waals surface area contributed by atoms with Crippen LogP contribution in [0.25, 0.3) is 0 Å². The van der Waals surface area contributed by atoms with E-state index in [4.69, 9.17) is 0 Å². The van der Waals surface area contributed by atoms with E-state index in [9.17, 15) is 17.1 Å². The first kappa shape index (κ1) is 13.5. The Morgan fingerprint density at radius 2 is 2.11 bits per heavy atom. The average molecular weight is 336 g/mol. The maximum atomic E-state index is 12.9. The van der Waals surface area contributed by atoms with Crippen LogP contribution in [-0.2, 0) is 15.0 Å². The van der Waals surface area contributed by atoms with Crippen molar-refractivity contribution < 1.29 is 17.1 Å². The van der Waals surface area contributed by atoms with Crippen molar-refractivity contribution in [2.75, 3.05) is 11.4 Å². The first-order valence-corrected chi connectivity index (χ1v) is 7.53. The van der Waals surface area contributed by atoms with Crippen molar-refractivity contribution in [2.45, 2.75) is 18.6 Å². The van der Waals surface area contributed by atoms with Gasteiger partial charge in [-0.15, -0.1) is 3.89 Å². The Bertz CT molecular complexity index is 602. The number of carbonyl (C=O) groups excluding carboxylic acids is 1. The third-order valence-corrected chi connectivity index (χ3v) is 5.09. The molecule has 1 aromatic rings. The molecule has 98 valence electrons. The fourth-order valence-electron chi connectivity index (χ4n) is 1.94. The van der Waals surface area contributed by atoms with E-state index in [1.54, 1.807) is 12.1 Å². The molecule has 0 aliphatic carbocycles. The molecule has 0 saturated carbocycles. The second-order valence-corrected chi connectivity index (χ2v) is 6.62. The molecule has 1 amide bonds. The van der Waals surface area contributed by atoms with Crippen molar-refractivity contribution in [3.8, 4) is 0 Å². The zero-order valence-electron chi connectivity index (χ0n) is 9.56. The Balaban J connectivity index is 2.36. The summed E-state index contributed by atoms with van der Waals surface area (Å²) in [6.45, 7) is 1.72. The van der Waals surface area contributed by atoms with Crippen molar-refractivity contribution in [1.82, 2.24) is 0 Å². The zero-order valence-corrected chi connectivity index (χ0v) is 12.0. The van der Waals surface area contributed by atoms with E-state index in [2.05, 4.69) is 15.9 Å². The molecule has 1 atom stereocenters. The van der Waals surface area contributed by atoms with Gasteiger partial charge in [0, 0.05) is 17.4 Å². The minimum Gasteiger partial charge on any atom is -0.310 e. The highest BCUT2D eigenvalue weighted by Crippen LogP contribution is 2.33. The lowest BCUT2D eigenvalue weighted by molar-refractivity contribution is -0.117. The maximum absolute atomic E-state index is 12.9. The van der Waals surface area contributed by atoms with Gasteiger partial charge < -0.3 is 4.90 Å². The summed E-state index contributed by atoms with van der Waals surface area (Å²) in [4.78, 5) is 13.1. The Morgan fingerprint density at radius 1 is 1.44 bits per heavy atom. The average Bonchev–Trinajstić information content (AvgIpc) is 2.64. The molecule has 1 aliphatic rings. The number of halogens is 2. The third-order valence-electron chi connectivity index (χ3n) is 2.95. The van der Waals surface area contributed by atoms with Gasteiger partial charge in [-0.1, -0.05) is 12.1 Å². The molecule has 4 nitrogen and oxygen atoms in total. The molecule has 0 N–H and O–H groups in total. The molecule has 1 heterocycles. The standard InChI is InChI=1S/C11H11BrFNO3S/c1-7-3-2-4-9(11(7)12)14-6-8(5-10(14)15)18(13,16)17/h2-4,8H,5-6H2,1H3. The van der Waals surface area contributed by atoms with Crippen molar-refractivity contribution in [2.24, 2.45) is 0 Å². The largest absolute Gasteiger partial charge is 0.310 e. The van der Waals surface area contributed by atoms with E-state index in [-0.39, 0.29) is 18.9 Å². The summed E-state index contributed by atoms with van der Waals surface area (Å²) in [7, 11) is -4.68. The Kier molecular flexibility index (Phi) is 3.46. The van der Waals surface area contributed by atoms with Gasteiger partial charge in [0.2, 0.25) is 5.91 Å². The van der Waals surface area contributed by atoms with Crippen LogP contribution in [0.3, 0.4) is 0 Å². The number of carbonyl (C=O) groups is 1. The minimum absolute atomic E-state index is 0.139. The molecule has 1 fully saturated rings. The highest BCUT2D eigenvalue weighted by Gasteiger charge is 2.39. The van der Waals surface area contributed by atoms with Gasteiger partial charge >= 0.3 is 10.2 Å². The Hall–Kier alpha value is -0.950. The van der Waals surface area contributed by atoms with Gasteiger partial charge in [-0.3, -0.25) is 4.79 Å². The van der Waals surface area contributed by atoms with E-state index in [0.717, 1.165) is 10.0 Å². The van der Waals surface area contributed by atoms with E-state index in [1.807, 2.05) is 13.0 Å². The first-order valence-electron chi connectivity index (χ1n) is 5.29. The highest BCUT2D eigenvalue weighted by atomic mass is 79.9. The fourth-order valence-corrected chi connectivity index (χ4v) is 3.08. The molecular formula is C11H11BrFNO3S. The zero-order chi connectivity index (χ0) is 13.5. The van der Waals surface area contributed by atoms with Crippen LogP contribution in [0.5, 0.6) is 0 Å². The molecule has 0 radical (unpaired) electrons. The lowest BCUT2D eigenvalue weighted by Gasteiger charge is -2.18. The maximum Gasteiger partial charge on any atom is 0.307 e. The lowest BCUT2D eigenvalue weighted by Crippen LogP contribution is -2.27. The van der Waals surface area contributed by atoms with Crippen molar-refractivity contribution in [3.63, 3.8) is 0 Å². The Morgan fingerprint density at radius 3 is 2.67 bits per heavy atom. The second-order valence-electron chi connectivity index (χ2n) is 4.21. The molecule has 1 aliphatic heterocycles. The van der Waals surface area contributed by atoms with Gasteiger partial charge in [0.05, 0.1) is 5.69 Å². The van der Waals surface area contributed by atoms with E-state index in [1.165, 1.54) is 4.90 Å². The highest BCUT2D eigenvalue weighted by molar-refractivity contribution is 9.10. The summed E-state index contributed by atoms with van der Waals surface area (Å²) < 4.78 is 35.3. The summed E-state index contributed by atoms with van der Waals surface area (Å²) >= 11 is 3.35. The topological polar surface area (TPSA) is 54.5 Å². The van der Waals surface area contributed by atoms with Crippen molar-refractivity contribution in [1.29, 1.82) is 0 Å². The SMILES string of the molecule is Cc1cccc(N2CC(S(=O)(=O)F)CC2=O)c1Br. The molecule has 7 heteroatoms. The van der Waals surface area contributed by atoms with Crippen LogP contribution >= 0.6 is 15.9 Å². The molecule has 1 aromatic carbocycles. The van der Waals surface area contributed by atoms with E-state index in [0.29, 0.717) is 5.69 Å². The van der Waals surface area contributed by atoms with Gasteiger partial charge in [0.25, 0.3) is 0 Å². The van der Waals surface area contributed by atoms with Crippen LogP contribution in [0.15, 0.2) is 22.7 Å². The van der Waals surface area contributed by atoms with Crippen LogP contribution in [-0.4, -0.2) is 26.1 Å². The fraction of sp³-hybridized carbons (Fsp3) is 0.364. The van der Waals surface area contributed by atoms with Gasteiger partial charge in [0.15, 0.2) is 0 Å². The van der Waals surface area contributed by atoms with E-state index < -0.39 is 15.5 Å². The number of nitrogens with zero attached hydrogens (tertiary/aromatic N) is 1. The molecule has 1 unspecified atom stereocenters. The van der Waals surface area contributed by atoms with Gasteiger partial charge in [0.1, 0.15) is 5.25 Å². The molecule has 0 bridgehead atoms. The van der Waals surface area contributed by atoms with Crippen LogP contribution in [0.4, 0.5) is 9.57 Å². The number of benzene rings is 1. The Labute approximate surface area is 113 Å². The predicted octanol–water partition coefficient (Wildman–Crippen LogP) is 2.16. The number of rotatable bonds is 2. The predicted molar refractivity (Wildman–Crippen MR) is 69.7 cm³/mol. The first-order chi connectivity index (χ1) is 8.30. The summed E-state index contributed by atoms with van der Waals surface area (Å²) in [5.74, 6) is -0.382. The van der Waals surface area contributed by atoms with Crippen LogP contribution in [0.1, 0.15) is 12.0 Å². The number of anilines is 1. The van der Waals surface area contributed by atoms with Crippen molar-refractivity contribution >= 4 is 37.7 Å². The van der Waals surface area contributed by atoms with Crippen LogP contribution < -0.4 is 4.90 Å². The summed E-state index contributed by atoms with van der Waals surface area (Å²) in [5, 5.41) is -1.27. The summed E-state index contributed by atoms with van der Waals surface area (Å²) in [6.07, 6.45) is -0.306. The quantitative estimate of drug-likeness (QED) is 0.778. The molecule has 0 aromatic heterocycles. The summed E-state index contributed by atoms with van der Waals surface area (Å²) in [5.41, 5.74) is 1.50. The van der Waals surface area contributed by atoms with Gasteiger partial charge in [-0.2, -0.15) is 8.42 Å². The molecule has 18 heavy (non-hydrogen) atoms. The van der Waals surface area contributed by atoms with Gasteiger partial charge in [-0.25, -0.2) is 0 Å². The van der Waals surface area contributed by atoms with Crippen molar-refractivity contribution in [3.05, 3.63) is 28.2 Å². The number of hydrogen-bond donors (Lipinski definition) is 0.